The second kappa shape index (κ2) is 6.65. The molecule has 2 nitrogen and oxygen atoms in total. The number of nitrogens with one attached hydrogen (secondary N) is 1. The molecule has 0 heterocycles. The molecule has 0 fully saturated rings. The molecule has 1 rings (SSSR count). The molecule has 96 valence electrons. The van der Waals surface area contributed by atoms with Crippen LogP contribution < -0.4 is 10.1 Å². The van der Waals surface area contributed by atoms with E-state index in [-0.39, 0.29) is 0 Å². The molecule has 0 aromatic heterocycles. The van der Waals surface area contributed by atoms with Gasteiger partial charge in [-0.1, -0.05) is 31.5 Å². The monoisotopic (exact) mass is 235 g/mol. The van der Waals surface area contributed by atoms with E-state index in [9.17, 15) is 0 Å². The third kappa shape index (κ3) is 4.39. The second-order valence-corrected chi connectivity index (χ2v) is 5.13. The maximum absolute atomic E-state index is 5.95. The van der Waals surface area contributed by atoms with E-state index in [1.54, 1.807) is 0 Å². The first-order valence-electron chi connectivity index (χ1n) is 6.42. The molecular formula is C15H25NO. The molecule has 0 atom stereocenters. The van der Waals surface area contributed by atoms with Crippen molar-refractivity contribution in [2.24, 2.45) is 5.92 Å². The third-order valence-electron chi connectivity index (χ3n) is 2.70. The van der Waals surface area contributed by atoms with Crippen LogP contribution in [0.4, 0.5) is 0 Å². The minimum Gasteiger partial charge on any atom is -0.493 e. The molecule has 1 aromatic rings. The van der Waals surface area contributed by atoms with Crippen molar-refractivity contribution in [2.75, 3.05) is 20.2 Å². The number of benzene rings is 1. The average Bonchev–Trinajstić information content (AvgIpc) is 2.24. The molecule has 0 spiro atoms. The quantitative estimate of drug-likeness (QED) is 0.818. The summed E-state index contributed by atoms with van der Waals surface area (Å²) < 4.78 is 5.95. The first kappa shape index (κ1) is 14.0. The maximum Gasteiger partial charge on any atom is 0.125 e. The van der Waals surface area contributed by atoms with Gasteiger partial charge in [-0.15, -0.1) is 0 Å². The standard InChI is InChI=1S/C15H25NO/c1-11(2)10-17-15-13(4)8-12(3)9-14(15)6-7-16-5/h8-9,11,16H,6-7,10H2,1-5H3. The molecule has 0 saturated heterocycles. The van der Waals surface area contributed by atoms with Crippen molar-refractivity contribution in [3.63, 3.8) is 0 Å². The normalized spacial score (nSPS) is 10.9. The Balaban J connectivity index is 2.90. The Morgan fingerprint density at radius 1 is 1.24 bits per heavy atom. The molecule has 0 saturated carbocycles. The lowest BCUT2D eigenvalue weighted by atomic mass is 10.0. The third-order valence-corrected chi connectivity index (χ3v) is 2.70. The summed E-state index contributed by atoms with van der Waals surface area (Å²) in [5, 5.41) is 3.19. The summed E-state index contributed by atoms with van der Waals surface area (Å²) >= 11 is 0. The minimum absolute atomic E-state index is 0.563. The van der Waals surface area contributed by atoms with Crippen molar-refractivity contribution in [3.05, 3.63) is 28.8 Å². The lowest BCUT2D eigenvalue weighted by molar-refractivity contribution is 0.267. The molecule has 0 bridgehead atoms. The van der Waals surface area contributed by atoms with E-state index in [2.05, 4.69) is 45.1 Å². The number of likely N-dealkylation sites (N-methyl/N-ethyl adjacent to an activating group) is 1. The van der Waals surface area contributed by atoms with Crippen molar-refractivity contribution in [1.29, 1.82) is 0 Å². The van der Waals surface area contributed by atoms with Gasteiger partial charge >= 0.3 is 0 Å². The molecule has 1 N–H and O–H groups in total. The lowest BCUT2D eigenvalue weighted by Crippen LogP contribution is -2.13. The first-order valence-corrected chi connectivity index (χ1v) is 6.42. The average molecular weight is 235 g/mol. The highest BCUT2D eigenvalue weighted by Gasteiger charge is 2.09. The van der Waals surface area contributed by atoms with Gasteiger partial charge in [0.05, 0.1) is 6.61 Å². The van der Waals surface area contributed by atoms with Crippen molar-refractivity contribution in [1.82, 2.24) is 5.32 Å². The van der Waals surface area contributed by atoms with Crippen LogP contribution >= 0.6 is 0 Å². The van der Waals surface area contributed by atoms with Gasteiger partial charge in [0.1, 0.15) is 5.75 Å². The fourth-order valence-electron chi connectivity index (χ4n) is 1.94. The van der Waals surface area contributed by atoms with E-state index in [1.165, 1.54) is 16.7 Å². The van der Waals surface area contributed by atoms with Crippen molar-refractivity contribution >= 4 is 0 Å². The van der Waals surface area contributed by atoms with Crippen molar-refractivity contribution in [3.8, 4) is 5.75 Å². The van der Waals surface area contributed by atoms with Gasteiger partial charge in [-0.2, -0.15) is 0 Å². The fraction of sp³-hybridized carbons (Fsp3) is 0.600. The van der Waals surface area contributed by atoms with Crippen LogP contribution in [0, 0.1) is 19.8 Å². The molecule has 0 radical (unpaired) electrons. The Labute approximate surface area is 105 Å². The SMILES string of the molecule is CNCCc1cc(C)cc(C)c1OCC(C)C. The highest BCUT2D eigenvalue weighted by molar-refractivity contribution is 5.44. The smallest absolute Gasteiger partial charge is 0.125 e. The number of ether oxygens (including phenoxy) is 1. The Morgan fingerprint density at radius 2 is 1.94 bits per heavy atom. The van der Waals surface area contributed by atoms with Crippen LogP contribution in [0.3, 0.4) is 0 Å². The summed E-state index contributed by atoms with van der Waals surface area (Å²) in [6.07, 6.45) is 1.02. The van der Waals surface area contributed by atoms with Crippen LogP contribution in [-0.2, 0) is 6.42 Å². The topological polar surface area (TPSA) is 21.3 Å². The van der Waals surface area contributed by atoms with Crippen molar-refractivity contribution < 1.29 is 4.74 Å². The van der Waals surface area contributed by atoms with Gasteiger partial charge in [0, 0.05) is 0 Å². The van der Waals surface area contributed by atoms with E-state index in [4.69, 9.17) is 4.74 Å². The summed E-state index contributed by atoms with van der Waals surface area (Å²) in [7, 11) is 1.98. The van der Waals surface area contributed by atoms with Crippen LogP contribution in [0.1, 0.15) is 30.5 Å². The Bertz CT molecular complexity index is 358. The number of hydrogen-bond acceptors (Lipinski definition) is 2. The predicted octanol–water partition coefficient (Wildman–Crippen LogP) is 3.10. The zero-order valence-corrected chi connectivity index (χ0v) is 11.8. The molecule has 0 aliphatic carbocycles. The van der Waals surface area contributed by atoms with E-state index in [0.29, 0.717) is 5.92 Å². The summed E-state index contributed by atoms with van der Waals surface area (Å²) in [5.74, 6) is 1.65. The molecular weight excluding hydrogens is 210 g/mol. The van der Waals surface area contributed by atoms with Gasteiger partial charge < -0.3 is 10.1 Å². The van der Waals surface area contributed by atoms with Crippen LogP contribution in [0.15, 0.2) is 12.1 Å². The molecule has 0 amide bonds. The van der Waals surface area contributed by atoms with E-state index in [1.807, 2.05) is 7.05 Å². The van der Waals surface area contributed by atoms with Crippen LogP contribution in [0.25, 0.3) is 0 Å². The number of hydrogen-bond donors (Lipinski definition) is 1. The lowest BCUT2D eigenvalue weighted by Gasteiger charge is -2.16. The maximum atomic E-state index is 5.95. The predicted molar refractivity (Wildman–Crippen MR) is 73.9 cm³/mol. The van der Waals surface area contributed by atoms with Gasteiger partial charge in [-0.05, 0) is 50.9 Å². The Hall–Kier alpha value is -1.02. The van der Waals surface area contributed by atoms with E-state index in [0.717, 1.165) is 25.3 Å². The largest absolute Gasteiger partial charge is 0.493 e. The summed E-state index contributed by atoms with van der Waals surface area (Å²) in [6.45, 7) is 10.4. The molecule has 17 heavy (non-hydrogen) atoms. The number of rotatable bonds is 6. The summed E-state index contributed by atoms with van der Waals surface area (Å²) in [5.41, 5.74) is 3.87. The van der Waals surface area contributed by atoms with E-state index < -0.39 is 0 Å². The number of aryl methyl sites for hydroxylation is 2. The molecule has 1 aromatic carbocycles. The van der Waals surface area contributed by atoms with Crippen LogP contribution in [-0.4, -0.2) is 20.2 Å². The molecule has 0 unspecified atom stereocenters. The first-order chi connectivity index (χ1) is 8.04. The van der Waals surface area contributed by atoms with Gasteiger partial charge in [-0.25, -0.2) is 0 Å². The van der Waals surface area contributed by atoms with Gasteiger partial charge in [0.25, 0.3) is 0 Å². The van der Waals surface area contributed by atoms with Crippen LogP contribution in [0.5, 0.6) is 5.75 Å². The van der Waals surface area contributed by atoms with E-state index >= 15 is 0 Å². The Kier molecular flexibility index (Phi) is 5.49. The fourth-order valence-corrected chi connectivity index (χ4v) is 1.94. The highest BCUT2D eigenvalue weighted by Crippen LogP contribution is 2.26. The zero-order valence-electron chi connectivity index (χ0n) is 11.8. The molecule has 2 heteroatoms. The summed E-state index contributed by atoms with van der Waals surface area (Å²) in [6, 6.07) is 4.43. The van der Waals surface area contributed by atoms with Gasteiger partial charge in [-0.3, -0.25) is 0 Å². The van der Waals surface area contributed by atoms with Crippen molar-refractivity contribution in [2.45, 2.75) is 34.1 Å². The van der Waals surface area contributed by atoms with Gasteiger partial charge in [0.15, 0.2) is 0 Å². The Morgan fingerprint density at radius 3 is 2.53 bits per heavy atom. The second-order valence-electron chi connectivity index (χ2n) is 5.13. The molecule has 0 aliphatic heterocycles. The molecule has 0 aliphatic rings. The summed E-state index contributed by atoms with van der Waals surface area (Å²) in [4.78, 5) is 0. The minimum atomic E-state index is 0.563. The zero-order chi connectivity index (χ0) is 12.8. The highest BCUT2D eigenvalue weighted by atomic mass is 16.5. The van der Waals surface area contributed by atoms with Gasteiger partial charge in [0.2, 0.25) is 0 Å². The van der Waals surface area contributed by atoms with Crippen LogP contribution in [0.2, 0.25) is 0 Å².